The Balaban J connectivity index is 2.66. The SMILES string of the molecule is COCC(O)CCNS(=O)(=O)c1ccc(Br)cc1F. The summed E-state index contributed by atoms with van der Waals surface area (Å²) in [7, 11) is -2.48. The van der Waals surface area contributed by atoms with Gasteiger partial charge in [0.1, 0.15) is 10.7 Å². The van der Waals surface area contributed by atoms with Crippen molar-refractivity contribution in [1.29, 1.82) is 0 Å². The molecule has 0 fully saturated rings. The maximum atomic E-state index is 13.5. The molecule has 0 amide bonds. The van der Waals surface area contributed by atoms with Crippen LogP contribution in [0.4, 0.5) is 4.39 Å². The van der Waals surface area contributed by atoms with E-state index in [9.17, 15) is 17.9 Å². The highest BCUT2D eigenvalue weighted by molar-refractivity contribution is 9.10. The van der Waals surface area contributed by atoms with Crippen LogP contribution < -0.4 is 4.72 Å². The standard InChI is InChI=1S/C11H15BrFNO4S/c1-18-7-9(15)4-5-14-19(16,17)11-3-2-8(12)6-10(11)13/h2-3,6,9,14-15H,4-5,7H2,1H3. The molecule has 8 heteroatoms. The number of methoxy groups -OCH3 is 1. The fourth-order valence-electron chi connectivity index (χ4n) is 1.41. The first-order chi connectivity index (χ1) is 8.86. The molecular weight excluding hydrogens is 341 g/mol. The molecule has 0 aromatic heterocycles. The second-order valence-corrected chi connectivity index (χ2v) is 6.52. The molecule has 108 valence electrons. The number of aliphatic hydroxyl groups is 1. The van der Waals surface area contributed by atoms with Gasteiger partial charge in [-0.3, -0.25) is 0 Å². The minimum atomic E-state index is -3.92. The molecule has 0 aliphatic carbocycles. The summed E-state index contributed by atoms with van der Waals surface area (Å²) < 4.78 is 44.6. The van der Waals surface area contributed by atoms with E-state index >= 15 is 0 Å². The molecule has 5 nitrogen and oxygen atoms in total. The molecular formula is C11H15BrFNO4S. The Morgan fingerprint density at radius 3 is 2.79 bits per heavy atom. The normalized spacial score (nSPS) is 13.5. The number of rotatable bonds is 7. The monoisotopic (exact) mass is 355 g/mol. The molecule has 19 heavy (non-hydrogen) atoms. The van der Waals surface area contributed by atoms with Gasteiger partial charge in [0.05, 0.1) is 12.7 Å². The van der Waals surface area contributed by atoms with E-state index in [1.54, 1.807) is 0 Å². The van der Waals surface area contributed by atoms with Crippen LogP contribution >= 0.6 is 15.9 Å². The predicted octanol–water partition coefficient (Wildman–Crippen LogP) is 1.26. The van der Waals surface area contributed by atoms with Gasteiger partial charge in [0.15, 0.2) is 0 Å². The Labute approximate surface area is 120 Å². The Bertz CT molecular complexity index is 523. The lowest BCUT2D eigenvalue weighted by Gasteiger charge is -2.11. The van der Waals surface area contributed by atoms with E-state index in [1.807, 2.05) is 0 Å². The third kappa shape index (κ3) is 5.15. The summed E-state index contributed by atoms with van der Waals surface area (Å²) in [6.07, 6.45) is -0.576. The van der Waals surface area contributed by atoms with Gasteiger partial charge in [0, 0.05) is 18.1 Å². The molecule has 1 aromatic carbocycles. The number of ether oxygens (including phenoxy) is 1. The zero-order chi connectivity index (χ0) is 14.5. The topological polar surface area (TPSA) is 75.6 Å². The first-order valence-corrected chi connectivity index (χ1v) is 7.76. The number of halogens is 2. The van der Waals surface area contributed by atoms with Gasteiger partial charge in [-0.05, 0) is 24.6 Å². The van der Waals surface area contributed by atoms with E-state index in [4.69, 9.17) is 4.74 Å². The number of sulfonamides is 1. The lowest BCUT2D eigenvalue weighted by atomic mass is 10.3. The highest BCUT2D eigenvalue weighted by Gasteiger charge is 2.19. The van der Waals surface area contributed by atoms with Crippen molar-refractivity contribution in [2.75, 3.05) is 20.3 Å². The van der Waals surface area contributed by atoms with E-state index in [0.717, 1.165) is 6.07 Å². The lowest BCUT2D eigenvalue weighted by Crippen LogP contribution is -2.29. The minimum absolute atomic E-state index is 0.00235. The van der Waals surface area contributed by atoms with Crippen molar-refractivity contribution < 1.29 is 22.7 Å². The zero-order valence-electron chi connectivity index (χ0n) is 10.3. The van der Waals surface area contributed by atoms with Crippen LogP contribution in [-0.4, -0.2) is 39.9 Å². The largest absolute Gasteiger partial charge is 0.391 e. The van der Waals surface area contributed by atoms with E-state index in [2.05, 4.69) is 20.7 Å². The van der Waals surface area contributed by atoms with E-state index in [1.165, 1.54) is 19.2 Å². The molecule has 2 N–H and O–H groups in total. The highest BCUT2D eigenvalue weighted by atomic mass is 79.9. The van der Waals surface area contributed by atoms with Gasteiger partial charge in [0.25, 0.3) is 0 Å². The number of hydrogen-bond donors (Lipinski definition) is 2. The molecule has 1 atom stereocenters. The van der Waals surface area contributed by atoms with Crippen molar-refractivity contribution in [1.82, 2.24) is 4.72 Å². The van der Waals surface area contributed by atoms with Gasteiger partial charge >= 0.3 is 0 Å². The number of benzene rings is 1. The molecule has 0 aliphatic rings. The van der Waals surface area contributed by atoms with Crippen molar-refractivity contribution >= 4 is 26.0 Å². The minimum Gasteiger partial charge on any atom is -0.391 e. The van der Waals surface area contributed by atoms with Crippen molar-refractivity contribution in [2.45, 2.75) is 17.4 Å². The summed E-state index contributed by atoms with van der Waals surface area (Å²) in [5, 5.41) is 9.37. The fraction of sp³-hybridized carbons (Fsp3) is 0.455. The van der Waals surface area contributed by atoms with Crippen LogP contribution in [-0.2, 0) is 14.8 Å². The van der Waals surface area contributed by atoms with Gasteiger partial charge in [-0.25, -0.2) is 17.5 Å². The second kappa shape index (κ2) is 7.30. The number of hydrogen-bond acceptors (Lipinski definition) is 4. The smallest absolute Gasteiger partial charge is 0.243 e. The van der Waals surface area contributed by atoms with Gasteiger partial charge in [0.2, 0.25) is 10.0 Å². The predicted molar refractivity (Wildman–Crippen MR) is 71.8 cm³/mol. The van der Waals surface area contributed by atoms with Gasteiger partial charge in [-0.2, -0.15) is 0 Å². The maximum Gasteiger partial charge on any atom is 0.243 e. The lowest BCUT2D eigenvalue weighted by molar-refractivity contribution is 0.0603. The summed E-state index contributed by atoms with van der Waals surface area (Å²) in [6.45, 7) is 0.122. The first kappa shape index (κ1) is 16.5. The highest BCUT2D eigenvalue weighted by Crippen LogP contribution is 2.19. The molecule has 0 heterocycles. The molecule has 0 bridgehead atoms. The Kier molecular flexibility index (Phi) is 6.34. The van der Waals surface area contributed by atoms with Crippen LogP contribution in [0.15, 0.2) is 27.6 Å². The Morgan fingerprint density at radius 1 is 1.53 bits per heavy atom. The zero-order valence-corrected chi connectivity index (χ0v) is 12.7. The second-order valence-electron chi connectivity index (χ2n) is 3.87. The van der Waals surface area contributed by atoms with E-state index in [0.29, 0.717) is 4.47 Å². The summed E-state index contributed by atoms with van der Waals surface area (Å²) >= 11 is 3.05. The molecule has 0 saturated carbocycles. The molecule has 1 unspecified atom stereocenters. The maximum absolute atomic E-state index is 13.5. The van der Waals surface area contributed by atoms with Gasteiger partial charge < -0.3 is 9.84 Å². The van der Waals surface area contributed by atoms with E-state index in [-0.39, 0.29) is 19.6 Å². The van der Waals surface area contributed by atoms with Crippen LogP contribution in [0, 0.1) is 5.82 Å². The molecule has 0 spiro atoms. The summed E-state index contributed by atoms with van der Waals surface area (Å²) in [5.74, 6) is -0.834. The van der Waals surface area contributed by atoms with Crippen LogP contribution in [0.2, 0.25) is 0 Å². The van der Waals surface area contributed by atoms with Crippen molar-refractivity contribution in [3.8, 4) is 0 Å². The van der Waals surface area contributed by atoms with E-state index < -0.39 is 26.8 Å². The van der Waals surface area contributed by atoms with Gasteiger partial charge in [-0.1, -0.05) is 15.9 Å². The van der Waals surface area contributed by atoms with Crippen molar-refractivity contribution in [3.05, 3.63) is 28.5 Å². The van der Waals surface area contributed by atoms with Crippen LogP contribution in [0.1, 0.15) is 6.42 Å². The fourth-order valence-corrected chi connectivity index (χ4v) is 2.84. The van der Waals surface area contributed by atoms with Gasteiger partial charge in [-0.15, -0.1) is 0 Å². The number of aliphatic hydroxyl groups excluding tert-OH is 1. The third-order valence-corrected chi connectivity index (χ3v) is 4.30. The number of nitrogens with one attached hydrogen (secondary N) is 1. The molecule has 0 radical (unpaired) electrons. The third-order valence-electron chi connectivity index (χ3n) is 2.31. The molecule has 1 rings (SSSR count). The Hall–Kier alpha value is -0.540. The average Bonchev–Trinajstić information content (AvgIpc) is 2.28. The quantitative estimate of drug-likeness (QED) is 0.772. The summed E-state index contributed by atoms with van der Waals surface area (Å²) in [5.41, 5.74) is 0. The summed E-state index contributed by atoms with van der Waals surface area (Å²) in [4.78, 5) is -0.420. The van der Waals surface area contributed by atoms with Crippen LogP contribution in [0.5, 0.6) is 0 Å². The molecule has 1 aromatic rings. The van der Waals surface area contributed by atoms with Crippen molar-refractivity contribution in [2.24, 2.45) is 0 Å². The van der Waals surface area contributed by atoms with Crippen LogP contribution in [0.25, 0.3) is 0 Å². The summed E-state index contributed by atoms with van der Waals surface area (Å²) in [6, 6.07) is 3.69. The molecule has 0 aliphatic heterocycles. The average molecular weight is 356 g/mol. The first-order valence-electron chi connectivity index (χ1n) is 5.48. The Morgan fingerprint density at radius 2 is 2.21 bits per heavy atom. The molecule has 0 saturated heterocycles. The van der Waals surface area contributed by atoms with Crippen LogP contribution in [0.3, 0.4) is 0 Å². The van der Waals surface area contributed by atoms with Crippen molar-refractivity contribution in [3.63, 3.8) is 0 Å².